The van der Waals surface area contributed by atoms with Crippen LogP contribution in [0.5, 0.6) is 0 Å². The first-order chi connectivity index (χ1) is 9.60. The summed E-state index contributed by atoms with van der Waals surface area (Å²) in [7, 11) is 1.92. The predicted octanol–water partition coefficient (Wildman–Crippen LogP) is 1.73. The van der Waals surface area contributed by atoms with Crippen LogP contribution in [0, 0.1) is 0 Å². The van der Waals surface area contributed by atoms with E-state index in [0.29, 0.717) is 18.0 Å². The molecule has 1 aromatic rings. The number of nitrogens with two attached hydrogens (primary N) is 1. The van der Waals surface area contributed by atoms with Crippen LogP contribution in [-0.2, 0) is 4.74 Å². The zero-order chi connectivity index (χ0) is 15.0. The SMILES string of the molecule is CCCCOCCNC(=O)c1sc(N(C)CC)nc1N. The van der Waals surface area contributed by atoms with Gasteiger partial charge in [-0.15, -0.1) is 0 Å². The summed E-state index contributed by atoms with van der Waals surface area (Å²) in [4.78, 5) is 18.6. The molecule has 1 amide bonds. The summed E-state index contributed by atoms with van der Waals surface area (Å²) in [6.45, 7) is 6.69. The van der Waals surface area contributed by atoms with E-state index >= 15 is 0 Å². The van der Waals surface area contributed by atoms with Gasteiger partial charge in [-0.3, -0.25) is 4.79 Å². The summed E-state index contributed by atoms with van der Waals surface area (Å²) in [5.74, 6) is 0.101. The molecule has 1 heterocycles. The third-order valence-electron chi connectivity index (χ3n) is 2.82. The standard InChI is InChI=1S/C13H24N4O2S/c1-4-6-8-19-9-7-15-12(18)10-11(14)16-13(20-10)17(3)5-2/h4-9,14H2,1-3H3,(H,15,18). The molecular weight excluding hydrogens is 276 g/mol. The number of hydrogen-bond donors (Lipinski definition) is 2. The van der Waals surface area contributed by atoms with Crippen molar-refractivity contribution in [2.24, 2.45) is 0 Å². The number of nitrogens with one attached hydrogen (secondary N) is 1. The molecule has 1 aromatic heterocycles. The molecule has 114 valence electrons. The van der Waals surface area contributed by atoms with Gasteiger partial charge in [-0.05, 0) is 13.3 Å². The summed E-state index contributed by atoms with van der Waals surface area (Å²) >= 11 is 1.31. The number of carbonyl (C=O) groups excluding carboxylic acids is 1. The lowest BCUT2D eigenvalue weighted by Gasteiger charge is -2.10. The molecule has 6 nitrogen and oxygen atoms in total. The minimum absolute atomic E-state index is 0.185. The highest BCUT2D eigenvalue weighted by atomic mass is 32.1. The van der Waals surface area contributed by atoms with Crippen LogP contribution in [0.15, 0.2) is 0 Å². The van der Waals surface area contributed by atoms with E-state index in [1.807, 2.05) is 18.9 Å². The molecule has 0 unspecified atom stereocenters. The van der Waals surface area contributed by atoms with E-state index in [2.05, 4.69) is 17.2 Å². The lowest BCUT2D eigenvalue weighted by Crippen LogP contribution is -2.27. The predicted molar refractivity (Wildman–Crippen MR) is 83.5 cm³/mol. The number of hydrogen-bond acceptors (Lipinski definition) is 6. The van der Waals surface area contributed by atoms with Crippen LogP contribution in [0.4, 0.5) is 10.9 Å². The fraction of sp³-hybridized carbons (Fsp3) is 0.692. The molecule has 0 aliphatic rings. The number of aromatic nitrogens is 1. The van der Waals surface area contributed by atoms with Gasteiger partial charge in [0.15, 0.2) is 5.13 Å². The number of nitrogen functional groups attached to an aromatic ring is 1. The number of unbranched alkanes of at least 4 members (excludes halogenated alkanes) is 1. The number of amides is 1. The van der Waals surface area contributed by atoms with Crippen molar-refractivity contribution >= 4 is 28.2 Å². The molecule has 1 rings (SSSR count). The zero-order valence-corrected chi connectivity index (χ0v) is 13.3. The smallest absolute Gasteiger partial charge is 0.265 e. The van der Waals surface area contributed by atoms with Crippen molar-refractivity contribution < 1.29 is 9.53 Å². The van der Waals surface area contributed by atoms with Gasteiger partial charge in [-0.2, -0.15) is 0 Å². The first kappa shape index (κ1) is 16.7. The van der Waals surface area contributed by atoms with Gasteiger partial charge in [0.1, 0.15) is 10.7 Å². The number of thiazole rings is 1. The van der Waals surface area contributed by atoms with Gasteiger partial charge in [0.2, 0.25) is 0 Å². The minimum Gasteiger partial charge on any atom is -0.382 e. The van der Waals surface area contributed by atoms with Crippen molar-refractivity contribution in [1.82, 2.24) is 10.3 Å². The Morgan fingerprint density at radius 3 is 2.85 bits per heavy atom. The number of ether oxygens (including phenoxy) is 1. The molecule has 7 heteroatoms. The van der Waals surface area contributed by atoms with Crippen LogP contribution in [0.1, 0.15) is 36.4 Å². The highest BCUT2D eigenvalue weighted by Gasteiger charge is 2.17. The minimum atomic E-state index is -0.185. The Labute approximate surface area is 124 Å². The molecule has 20 heavy (non-hydrogen) atoms. The second-order valence-electron chi connectivity index (χ2n) is 4.45. The average Bonchev–Trinajstić information content (AvgIpc) is 2.83. The third kappa shape index (κ3) is 4.97. The summed E-state index contributed by atoms with van der Waals surface area (Å²) < 4.78 is 5.38. The van der Waals surface area contributed by atoms with Crippen LogP contribution < -0.4 is 16.0 Å². The Hall–Kier alpha value is -1.34. The van der Waals surface area contributed by atoms with Crippen molar-refractivity contribution in [2.75, 3.05) is 44.0 Å². The number of rotatable bonds is 9. The maximum absolute atomic E-state index is 12.0. The maximum atomic E-state index is 12.0. The fourth-order valence-electron chi connectivity index (χ4n) is 1.45. The van der Waals surface area contributed by atoms with E-state index in [9.17, 15) is 4.79 Å². The highest BCUT2D eigenvalue weighted by molar-refractivity contribution is 7.18. The zero-order valence-electron chi connectivity index (χ0n) is 12.4. The van der Waals surface area contributed by atoms with Gasteiger partial charge in [0.05, 0.1) is 6.61 Å². The van der Waals surface area contributed by atoms with Crippen LogP contribution >= 0.6 is 11.3 Å². The topological polar surface area (TPSA) is 80.5 Å². The van der Waals surface area contributed by atoms with Gasteiger partial charge < -0.3 is 20.7 Å². The number of anilines is 2. The molecule has 0 saturated heterocycles. The van der Waals surface area contributed by atoms with Gasteiger partial charge >= 0.3 is 0 Å². The molecule has 0 aromatic carbocycles. The second kappa shape index (κ2) is 8.76. The summed E-state index contributed by atoms with van der Waals surface area (Å²) in [6.07, 6.45) is 2.15. The molecule has 0 spiro atoms. The molecule has 0 saturated carbocycles. The van der Waals surface area contributed by atoms with Gasteiger partial charge in [-0.1, -0.05) is 24.7 Å². The van der Waals surface area contributed by atoms with Crippen LogP contribution in [0.25, 0.3) is 0 Å². The van der Waals surface area contributed by atoms with Crippen molar-refractivity contribution in [3.63, 3.8) is 0 Å². The normalized spacial score (nSPS) is 10.6. The molecule has 0 aliphatic carbocycles. The van der Waals surface area contributed by atoms with E-state index in [1.165, 1.54) is 11.3 Å². The summed E-state index contributed by atoms with van der Waals surface area (Å²) in [5, 5.41) is 3.55. The molecule has 0 fully saturated rings. The van der Waals surface area contributed by atoms with E-state index in [0.717, 1.165) is 31.1 Å². The highest BCUT2D eigenvalue weighted by Crippen LogP contribution is 2.26. The Bertz CT molecular complexity index is 423. The first-order valence-electron chi connectivity index (χ1n) is 6.93. The van der Waals surface area contributed by atoms with Crippen molar-refractivity contribution in [3.05, 3.63) is 4.88 Å². The van der Waals surface area contributed by atoms with E-state index < -0.39 is 0 Å². The first-order valence-corrected chi connectivity index (χ1v) is 7.75. The lowest BCUT2D eigenvalue weighted by atomic mass is 10.4. The van der Waals surface area contributed by atoms with Crippen LogP contribution in [0.3, 0.4) is 0 Å². The second-order valence-corrected chi connectivity index (χ2v) is 5.42. The van der Waals surface area contributed by atoms with Gasteiger partial charge in [0.25, 0.3) is 5.91 Å². The molecule has 0 atom stereocenters. The third-order valence-corrected chi connectivity index (χ3v) is 4.01. The van der Waals surface area contributed by atoms with Crippen molar-refractivity contribution in [1.29, 1.82) is 0 Å². The molecule has 3 N–H and O–H groups in total. The maximum Gasteiger partial charge on any atom is 0.265 e. The number of carbonyl (C=O) groups is 1. The van der Waals surface area contributed by atoms with Crippen LogP contribution in [0.2, 0.25) is 0 Å². The van der Waals surface area contributed by atoms with E-state index in [1.54, 1.807) is 0 Å². The Morgan fingerprint density at radius 1 is 1.45 bits per heavy atom. The Kier molecular flexibility index (Phi) is 7.32. The van der Waals surface area contributed by atoms with E-state index in [-0.39, 0.29) is 11.7 Å². The van der Waals surface area contributed by atoms with Gasteiger partial charge in [-0.25, -0.2) is 4.98 Å². The van der Waals surface area contributed by atoms with Crippen molar-refractivity contribution in [3.8, 4) is 0 Å². The molecule has 0 bridgehead atoms. The Morgan fingerprint density at radius 2 is 2.20 bits per heavy atom. The largest absolute Gasteiger partial charge is 0.382 e. The molecular formula is C13H24N4O2S. The Balaban J connectivity index is 2.41. The monoisotopic (exact) mass is 300 g/mol. The lowest BCUT2D eigenvalue weighted by molar-refractivity contribution is 0.0917. The van der Waals surface area contributed by atoms with Crippen molar-refractivity contribution in [2.45, 2.75) is 26.7 Å². The summed E-state index contributed by atoms with van der Waals surface area (Å²) in [6, 6.07) is 0. The fourth-order valence-corrected chi connectivity index (χ4v) is 2.37. The number of nitrogens with zero attached hydrogens (tertiary/aromatic N) is 2. The van der Waals surface area contributed by atoms with Crippen LogP contribution in [-0.4, -0.2) is 44.2 Å². The van der Waals surface area contributed by atoms with E-state index in [4.69, 9.17) is 10.5 Å². The van der Waals surface area contributed by atoms with Gasteiger partial charge in [0, 0.05) is 26.7 Å². The average molecular weight is 300 g/mol. The molecule has 0 aliphatic heterocycles. The quantitative estimate of drug-likeness (QED) is 0.679. The molecule has 0 radical (unpaired) electrons. The summed E-state index contributed by atoms with van der Waals surface area (Å²) in [5.41, 5.74) is 5.79.